The van der Waals surface area contributed by atoms with Crippen LogP contribution in [0.4, 0.5) is 4.39 Å². The molecule has 0 aliphatic carbocycles. The van der Waals surface area contributed by atoms with Crippen LogP contribution in [0.5, 0.6) is 5.75 Å². The summed E-state index contributed by atoms with van der Waals surface area (Å²) in [5.41, 5.74) is 6.73. The molecule has 1 aromatic rings. The van der Waals surface area contributed by atoms with Gasteiger partial charge < -0.3 is 15.6 Å². The fourth-order valence-corrected chi connectivity index (χ4v) is 1.60. The molecule has 0 bridgehead atoms. The number of aliphatic hydroxyl groups is 1. The minimum Gasteiger partial charge on any atom is -0.493 e. The summed E-state index contributed by atoms with van der Waals surface area (Å²) < 4.78 is 18.6. The highest BCUT2D eigenvalue weighted by Crippen LogP contribution is 2.32. The maximum atomic E-state index is 13.3. The molecular formula is C10H12FNO2. The molecule has 0 unspecified atom stereocenters. The first-order chi connectivity index (χ1) is 6.72. The fraction of sp³-hybridized carbons (Fsp3) is 0.400. The van der Waals surface area contributed by atoms with E-state index >= 15 is 0 Å². The van der Waals surface area contributed by atoms with Gasteiger partial charge in [-0.3, -0.25) is 0 Å². The highest BCUT2D eigenvalue weighted by molar-refractivity contribution is 5.41. The number of ether oxygens (including phenoxy) is 1. The monoisotopic (exact) mass is 197 g/mol. The highest BCUT2D eigenvalue weighted by Gasteiger charge is 2.20. The Kier molecular flexibility index (Phi) is 2.39. The number of aliphatic hydroxyl groups excluding tert-OH is 1. The molecule has 4 heteroatoms. The van der Waals surface area contributed by atoms with Gasteiger partial charge in [-0.25, -0.2) is 4.39 Å². The van der Waals surface area contributed by atoms with Crippen molar-refractivity contribution in [1.82, 2.24) is 0 Å². The Morgan fingerprint density at radius 1 is 1.57 bits per heavy atom. The zero-order chi connectivity index (χ0) is 10.1. The largest absolute Gasteiger partial charge is 0.493 e. The molecule has 0 radical (unpaired) electrons. The van der Waals surface area contributed by atoms with Crippen molar-refractivity contribution in [2.24, 2.45) is 5.73 Å². The van der Waals surface area contributed by atoms with Gasteiger partial charge in [-0.05, 0) is 12.1 Å². The van der Waals surface area contributed by atoms with Crippen molar-refractivity contribution >= 4 is 0 Å². The Labute approximate surface area is 81.3 Å². The topological polar surface area (TPSA) is 55.5 Å². The lowest BCUT2D eigenvalue weighted by Crippen LogP contribution is -2.21. The van der Waals surface area contributed by atoms with Gasteiger partial charge in [0.15, 0.2) is 0 Å². The van der Waals surface area contributed by atoms with E-state index < -0.39 is 5.82 Å². The number of hydrogen-bond acceptors (Lipinski definition) is 3. The second-order valence-electron chi connectivity index (χ2n) is 3.38. The van der Waals surface area contributed by atoms with Crippen molar-refractivity contribution in [2.75, 3.05) is 6.61 Å². The van der Waals surface area contributed by atoms with Gasteiger partial charge in [0.2, 0.25) is 0 Å². The molecular weight excluding hydrogens is 185 g/mol. The number of benzene rings is 1. The van der Waals surface area contributed by atoms with Gasteiger partial charge in [-0.15, -0.1) is 0 Å². The molecule has 0 spiro atoms. The maximum Gasteiger partial charge on any atom is 0.129 e. The molecule has 0 amide bonds. The van der Waals surface area contributed by atoms with Gasteiger partial charge >= 0.3 is 0 Å². The standard InChI is InChI=1S/C10H12FNO2/c11-8-4-7-9(12)1-2-14-10(7)3-6(8)5-13/h3-4,9,13H,1-2,5,12H2/t9-/m0/s1. The molecule has 0 aromatic heterocycles. The Morgan fingerprint density at radius 3 is 3.07 bits per heavy atom. The van der Waals surface area contributed by atoms with E-state index in [1.807, 2.05) is 0 Å². The van der Waals surface area contributed by atoms with Crippen molar-refractivity contribution < 1.29 is 14.2 Å². The van der Waals surface area contributed by atoms with Crippen LogP contribution in [-0.4, -0.2) is 11.7 Å². The van der Waals surface area contributed by atoms with Gasteiger partial charge in [-0.2, -0.15) is 0 Å². The number of rotatable bonds is 1. The van der Waals surface area contributed by atoms with Gasteiger partial charge in [-0.1, -0.05) is 0 Å². The van der Waals surface area contributed by atoms with Crippen LogP contribution in [0.25, 0.3) is 0 Å². The zero-order valence-corrected chi connectivity index (χ0v) is 7.66. The molecule has 1 aliphatic rings. The summed E-state index contributed by atoms with van der Waals surface area (Å²) in [4.78, 5) is 0. The average Bonchev–Trinajstić information content (AvgIpc) is 2.19. The van der Waals surface area contributed by atoms with Crippen molar-refractivity contribution in [3.05, 3.63) is 29.1 Å². The summed E-state index contributed by atoms with van der Waals surface area (Å²) in [5, 5.41) is 8.86. The van der Waals surface area contributed by atoms with Crippen LogP contribution in [0.3, 0.4) is 0 Å². The van der Waals surface area contributed by atoms with E-state index in [0.717, 1.165) is 0 Å². The van der Waals surface area contributed by atoms with Crippen molar-refractivity contribution in [1.29, 1.82) is 0 Å². The Bertz CT molecular complexity index is 354. The van der Waals surface area contributed by atoms with E-state index in [1.54, 1.807) is 0 Å². The van der Waals surface area contributed by atoms with Crippen LogP contribution in [0.1, 0.15) is 23.6 Å². The molecule has 1 atom stereocenters. The number of halogens is 1. The van der Waals surface area contributed by atoms with Crippen LogP contribution < -0.4 is 10.5 Å². The predicted octanol–water partition coefficient (Wildman–Crippen LogP) is 1.10. The lowest BCUT2D eigenvalue weighted by Gasteiger charge is -2.23. The summed E-state index contributed by atoms with van der Waals surface area (Å²) in [6.07, 6.45) is 0.699. The molecule has 3 N–H and O–H groups in total. The third-order valence-electron chi connectivity index (χ3n) is 2.44. The molecule has 76 valence electrons. The van der Waals surface area contributed by atoms with E-state index in [1.165, 1.54) is 12.1 Å². The Balaban J connectivity index is 2.48. The number of nitrogens with two attached hydrogens (primary N) is 1. The fourth-order valence-electron chi connectivity index (χ4n) is 1.60. The Hall–Kier alpha value is -1.13. The van der Waals surface area contributed by atoms with Gasteiger partial charge in [0.05, 0.1) is 13.2 Å². The average molecular weight is 197 g/mol. The molecule has 1 heterocycles. The molecule has 1 aromatic carbocycles. The first-order valence-electron chi connectivity index (χ1n) is 4.54. The minimum absolute atomic E-state index is 0.166. The third-order valence-corrected chi connectivity index (χ3v) is 2.44. The van der Waals surface area contributed by atoms with Gasteiger partial charge in [0.1, 0.15) is 11.6 Å². The van der Waals surface area contributed by atoms with Crippen molar-refractivity contribution in [3.63, 3.8) is 0 Å². The molecule has 3 nitrogen and oxygen atoms in total. The highest BCUT2D eigenvalue weighted by atomic mass is 19.1. The van der Waals surface area contributed by atoms with Crippen molar-refractivity contribution in [3.8, 4) is 5.75 Å². The van der Waals surface area contributed by atoms with Crippen LogP contribution in [-0.2, 0) is 6.61 Å². The van der Waals surface area contributed by atoms with Crippen LogP contribution in [0.15, 0.2) is 12.1 Å². The first-order valence-corrected chi connectivity index (χ1v) is 4.54. The van der Waals surface area contributed by atoms with Crippen molar-refractivity contribution in [2.45, 2.75) is 19.1 Å². The van der Waals surface area contributed by atoms with E-state index in [9.17, 15) is 4.39 Å². The van der Waals surface area contributed by atoms with E-state index in [-0.39, 0.29) is 18.2 Å². The van der Waals surface area contributed by atoms with Gasteiger partial charge in [0, 0.05) is 23.6 Å². The molecule has 0 saturated heterocycles. The minimum atomic E-state index is -0.424. The second-order valence-corrected chi connectivity index (χ2v) is 3.38. The first kappa shape index (κ1) is 9.43. The lowest BCUT2D eigenvalue weighted by atomic mass is 9.99. The van der Waals surface area contributed by atoms with Crippen LogP contribution >= 0.6 is 0 Å². The molecule has 1 aliphatic heterocycles. The third kappa shape index (κ3) is 1.47. The Morgan fingerprint density at radius 2 is 2.36 bits per heavy atom. The smallest absolute Gasteiger partial charge is 0.129 e. The summed E-state index contributed by atoms with van der Waals surface area (Å²) in [6.45, 7) is 0.225. The second kappa shape index (κ2) is 3.55. The predicted molar refractivity (Wildman–Crippen MR) is 49.4 cm³/mol. The molecule has 0 saturated carbocycles. The zero-order valence-electron chi connectivity index (χ0n) is 7.66. The maximum absolute atomic E-state index is 13.3. The lowest BCUT2D eigenvalue weighted by molar-refractivity contribution is 0.258. The number of fused-ring (bicyclic) bond motifs is 1. The summed E-state index contributed by atoms with van der Waals surface area (Å²) >= 11 is 0. The van der Waals surface area contributed by atoms with Crippen LogP contribution in [0.2, 0.25) is 0 Å². The molecule has 2 rings (SSSR count). The summed E-state index contributed by atoms with van der Waals surface area (Å²) in [5.74, 6) is 0.168. The van der Waals surface area contributed by atoms with Gasteiger partial charge in [0.25, 0.3) is 0 Å². The van der Waals surface area contributed by atoms with E-state index in [2.05, 4.69) is 0 Å². The summed E-state index contributed by atoms with van der Waals surface area (Å²) in [7, 11) is 0. The quantitative estimate of drug-likeness (QED) is 0.708. The summed E-state index contributed by atoms with van der Waals surface area (Å²) in [6, 6.07) is 2.70. The van der Waals surface area contributed by atoms with Crippen LogP contribution in [0, 0.1) is 5.82 Å². The molecule has 14 heavy (non-hydrogen) atoms. The SMILES string of the molecule is N[C@H]1CCOc2cc(CO)c(F)cc21. The van der Waals surface area contributed by atoms with E-state index in [0.29, 0.717) is 24.3 Å². The normalized spacial score (nSPS) is 20.1. The molecule has 0 fully saturated rings. The number of hydrogen-bond donors (Lipinski definition) is 2. The van der Waals surface area contributed by atoms with E-state index in [4.69, 9.17) is 15.6 Å².